The lowest BCUT2D eigenvalue weighted by molar-refractivity contribution is -0.137. The topological polar surface area (TPSA) is 78.4 Å². The van der Waals surface area contributed by atoms with Crippen molar-refractivity contribution in [1.29, 1.82) is 0 Å². The SMILES string of the molecule is CC(CC(=O)O)c1ccc(NC(=O)C2CSCN2)cc1. The molecule has 1 heterocycles. The lowest BCUT2D eigenvalue weighted by Gasteiger charge is -2.12. The minimum atomic E-state index is -0.806. The van der Waals surface area contributed by atoms with Gasteiger partial charge in [-0.1, -0.05) is 19.1 Å². The van der Waals surface area contributed by atoms with E-state index in [2.05, 4.69) is 10.6 Å². The van der Waals surface area contributed by atoms with Gasteiger partial charge in [0.1, 0.15) is 0 Å². The van der Waals surface area contributed by atoms with Crippen molar-refractivity contribution in [3.05, 3.63) is 29.8 Å². The van der Waals surface area contributed by atoms with Gasteiger partial charge in [0.25, 0.3) is 0 Å². The number of benzene rings is 1. The van der Waals surface area contributed by atoms with E-state index in [4.69, 9.17) is 5.11 Å². The smallest absolute Gasteiger partial charge is 0.303 e. The highest BCUT2D eigenvalue weighted by molar-refractivity contribution is 7.99. The lowest BCUT2D eigenvalue weighted by Crippen LogP contribution is -2.37. The predicted octanol–water partition coefficient (Wildman–Crippen LogP) is 1.87. The van der Waals surface area contributed by atoms with Crippen LogP contribution in [0.2, 0.25) is 0 Å². The Labute approximate surface area is 122 Å². The van der Waals surface area contributed by atoms with E-state index in [9.17, 15) is 9.59 Å². The molecule has 0 bridgehead atoms. The molecule has 2 rings (SSSR count). The second kappa shape index (κ2) is 6.76. The molecule has 2 atom stereocenters. The van der Waals surface area contributed by atoms with Crippen molar-refractivity contribution in [2.75, 3.05) is 16.9 Å². The van der Waals surface area contributed by atoms with Crippen LogP contribution in [0.15, 0.2) is 24.3 Å². The van der Waals surface area contributed by atoms with Crippen LogP contribution < -0.4 is 10.6 Å². The Morgan fingerprint density at radius 2 is 2.15 bits per heavy atom. The zero-order valence-electron chi connectivity index (χ0n) is 11.3. The van der Waals surface area contributed by atoms with E-state index >= 15 is 0 Å². The number of hydrogen-bond donors (Lipinski definition) is 3. The Hall–Kier alpha value is -1.53. The maximum atomic E-state index is 11.9. The number of carbonyl (C=O) groups is 2. The summed E-state index contributed by atoms with van der Waals surface area (Å²) in [6.45, 7) is 1.88. The first-order valence-corrected chi connectivity index (χ1v) is 7.65. The molecule has 1 amide bonds. The van der Waals surface area contributed by atoms with Crippen LogP contribution in [0.5, 0.6) is 0 Å². The summed E-state index contributed by atoms with van der Waals surface area (Å²) in [5.41, 5.74) is 1.69. The number of thioether (sulfide) groups is 1. The fourth-order valence-corrected chi connectivity index (χ4v) is 3.01. The number of nitrogens with one attached hydrogen (secondary N) is 2. The van der Waals surface area contributed by atoms with Gasteiger partial charge in [-0.2, -0.15) is 0 Å². The molecule has 0 spiro atoms. The maximum absolute atomic E-state index is 11.9. The molecule has 108 valence electrons. The van der Waals surface area contributed by atoms with Gasteiger partial charge in [-0.05, 0) is 23.6 Å². The molecule has 2 unspecified atom stereocenters. The quantitative estimate of drug-likeness (QED) is 0.772. The third-order valence-corrected chi connectivity index (χ3v) is 4.20. The molecule has 1 aliphatic heterocycles. The van der Waals surface area contributed by atoms with Crippen molar-refractivity contribution in [2.45, 2.75) is 25.3 Å². The third kappa shape index (κ3) is 3.98. The highest BCUT2D eigenvalue weighted by atomic mass is 32.2. The molecule has 0 aromatic heterocycles. The molecule has 0 aliphatic carbocycles. The first-order valence-electron chi connectivity index (χ1n) is 6.50. The highest BCUT2D eigenvalue weighted by Gasteiger charge is 2.22. The van der Waals surface area contributed by atoms with Crippen LogP contribution in [0, 0.1) is 0 Å². The molecule has 6 heteroatoms. The van der Waals surface area contributed by atoms with Crippen LogP contribution in [-0.4, -0.2) is 34.7 Å². The average molecular weight is 294 g/mol. The van der Waals surface area contributed by atoms with Crippen molar-refractivity contribution < 1.29 is 14.7 Å². The monoisotopic (exact) mass is 294 g/mol. The second-order valence-corrected chi connectivity index (χ2v) is 5.91. The van der Waals surface area contributed by atoms with E-state index in [0.29, 0.717) is 0 Å². The average Bonchev–Trinajstić information content (AvgIpc) is 2.92. The first-order chi connectivity index (χ1) is 9.56. The van der Waals surface area contributed by atoms with Crippen LogP contribution in [0.1, 0.15) is 24.8 Å². The van der Waals surface area contributed by atoms with Crippen LogP contribution in [0.4, 0.5) is 5.69 Å². The molecule has 5 nitrogen and oxygen atoms in total. The summed E-state index contributed by atoms with van der Waals surface area (Å²) < 4.78 is 0. The van der Waals surface area contributed by atoms with Crippen LogP contribution in [0.25, 0.3) is 0 Å². The predicted molar refractivity (Wildman–Crippen MR) is 80.0 cm³/mol. The summed E-state index contributed by atoms with van der Waals surface area (Å²) in [5, 5.41) is 14.7. The largest absolute Gasteiger partial charge is 0.481 e. The number of carbonyl (C=O) groups excluding carboxylic acids is 1. The zero-order chi connectivity index (χ0) is 14.5. The van der Waals surface area contributed by atoms with Crippen molar-refractivity contribution in [1.82, 2.24) is 5.32 Å². The molecule has 1 aromatic carbocycles. The molecular formula is C14H18N2O3S. The van der Waals surface area contributed by atoms with Gasteiger partial charge in [0.2, 0.25) is 5.91 Å². The number of rotatable bonds is 5. The van der Waals surface area contributed by atoms with Crippen LogP contribution in [-0.2, 0) is 9.59 Å². The maximum Gasteiger partial charge on any atom is 0.303 e. The molecule has 1 aromatic rings. The van der Waals surface area contributed by atoms with E-state index in [0.717, 1.165) is 22.9 Å². The molecule has 1 saturated heterocycles. The van der Waals surface area contributed by atoms with E-state index in [-0.39, 0.29) is 24.3 Å². The highest BCUT2D eigenvalue weighted by Crippen LogP contribution is 2.21. The minimum Gasteiger partial charge on any atom is -0.481 e. The molecule has 1 aliphatic rings. The summed E-state index contributed by atoms with van der Waals surface area (Å²) in [6.07, 6.45) is 0.106. The standard InChI is InChI=1S/C14H18N2O3S/c1-9(6-13(17)18)10-2-4-11(5-3-10)16-14(19)12-7-20-8-15-12/h2-5,9,12,15H,6-8H2,1H3,(H,16,19)(H,17,18). The molecule has 1 fully saturated rings. The van der Waals surface area contributed by atoms with E-state index in [1.807, 2.05) is 31.2 Å². The fraction of sp³-hybridized carbons (Fsp3) is 0.429. The number of hydrogen-bond acceptors (Lipinski definition) is 4. The van der Waals surface area contributed by atoms with E-state index in [1.165, 1.54) is 0 Å². The summed E-state index contributed by atoms with van der Waals surface area (Å²) >= 11 is 1.71. The summed E-state index contributed by atoms with van der Waals surface area (Å²) in [7, 11) is 0. The van der Waals surface area contributed by atoms with Gasteiger partial charge in [0.15, 0.2) is 0 Å². The van der Waals surface area contributed by atoms with Gasteiger partial charge in [0, 0.05) is 17.3 Å². The summed E-state index contributed by atoms with van der Waals surface area (Å²) in [5.74, 6) is 0.731. The fourth-order valence-electron chi connectivity index (χ4n) is 2.07. The first kappa shape index (κ1) is 14.9. The third-order valence-electron chi connectivity index (χ3n) is 3.26. The number of amides is 1. The van der Waals surface area contributed by atoms with E-state index in [1.54, 1.807) is 11.8 Å². The van der Waals surface area contributed by atoms with Crippen LogP contribution >= 0.6 is 11.8 Å². The lowest BCUT2D eigenvalue weighted by atomic mass is 9.98. The number of aliphatic carboxylic acids is 1. The van der Waals surface area contributed by atoms with Crippen molar-refractivity contribution in [3.8, 4) is 0 Å². The molecule has 3 N–H and O–H groups in total. The number of anilines is 1. The van der Waals surface area contributed by atoms with Crippen molar-refractivity contribution in [2.24, 2.45) is 0 Å². The van der Waals surface area contributed by atoms with Crippen LogP contribution in [0.3, 0.4) is 0 Å². The molecular weight excluding hydrogens is 276 g/mol. The van der Waals surface area contributed by atoms with Crippen molar-refractivity contribution in [3.63, 3.8) is 0 Å². The van der Waals surface area contributed by atoms with Gasteiger partial charge in [-0.15, -0.1) is 11.8 Å². The van der Waals surface area contributed by atoms with Gasteiger partial charge in [0.05, 0.1) is 12.5 Å². The normalized spacial score (nSPS) is 19.6. The minimum absolute atomic E-state index is 0.0265. The zero-order valence-corrected chi connectivity index (χ0v) is 12.1. The number of carboxylic acids is 1. The van der Waals surface area contributed by atoms with Crippen molar-refractivity contribution >= 4 is 29.3 Å². The van der Waals surface area contributed by atoms with Gasteiger partial charge < -0.3 is 10.4 Å². The number of carboxylic acid groups (broad SMARTS) is 1. The molecule has 20 heavy (non-hydrogen) atoms. The van der Waals surface area contributed by atoms with Gasteiger partial charge in [-0.3, -0.25) is 14.9 Å². The Kier molecular flexibility index (Phi) is 5.03. The molecule has 0 saturated carbocycles. The van der Waals surface area contributed by atoms with E-state index < -0.39 is 5.97 Å². The Bertz CT molecular complexity index is 484. The summed E-state index contributed by atoms with van der Waals surface area (Å²) in [4.78, 5) is 22.6. The second-order valence-electron chi connectivity index (χ2n) is 4.88. The molecule has 0 radical (unpaired) electrons. The van der Waals surface area contributed by atoms with Gasteiger partial charge >= 0.3 is 5.97 Å². The Morgan fingerprint density at radius 1 is 1.45 bits per heavy atom. The van der Waals surface area contributed by atoms with Gasteiger partial charge in [-0.25, -0.2) is 0 Å². The Balaban J connectivity index is 1.94. The Morgan fingerprint density at radius 3 is 2.70 bits per heavy atom. The summed E-state index contributed by atoms with van der Waals surface area (Å²) in [6, 6.07) is 7.21.